The first-order valence-corrected chi connectivity index (χ1v) is 11.9. The van der Waals surface area contributed by atoms with Crippen molar-refractivity contribution in [2.75, 3.05) is 26.2 Å². The lowest BCUT2D eigenvalue weighted by Gasteiger charge is -2.35. The van der Waals surface area contributed by atoms with Gasteiger partial charge in [-0.05, 0) is 43.4 Å². The number of fused-ring (bicyclic) bond motifs is 1. The van der Waals surface area contributed by atoms with E-state index in [9.17, 15) is 9.59 Å². The molecule has 1 aliphatic heterocycles. The van der Waals surface area contributed by atoms with Gasteiger partial charge in [0, 0.05) is 43.7 Å². The predicted molar refractivity (Wildman–Crippen MR) is 124 cm³/mol. The Hall–Kier alpha value is -2.43. The third kappa shape index (κ3) is 5.08. The number of rotatable bonds is 5. The molecule has 4 rings (SSSR count). The second-order valence-electron chi connectivity index (χ2n) is 9.30. The first-order valence-electron chi connectivity index (χ1n) is 11.9. The van der Waals surface area contributed by atoms with Crippen LogP contribution in [0.3, 0.4) is 0 Å². The molecule has 1 aromatic carbocycles. The van der Waals surface area contributed by atoms with Gasteiger partial charge < -0.3 is 9.80 Å². The third-order valence-corrected chi connectivity index (χ3v) is 7.29. The summed E-state index contributed by atoms with van der Waals surface area (Å²) in [5, 5.41) is 1.12. The number of hydrogen-bond donors (Lipinski definition) is 0. The Morgan fingerprint density at radius 3 is 2.29 bits per heavy atom. The number of carbonyl (C=O) groups excluding carboxylic acids is 2. The van der Waals surface area contributed by atoms with E-state index >= 15 is 0 Å². The van der Waals surface area contributed by atoms with E-state index < -0.39 is 0 Å². The van der Waals surface area contributed by atoms with Gasteiger partial charge in [0.2, 0.25) is 11.8 Å². The molecule has 2 heterocycles. The third-order valence-electron chi connectivity index (χ3n) is 7.29. The number of hydrogen-bond acceptors (Lipinski definition) is 3. The lowest BCUT2D eigenvalue weighted by Crippen LogP contribution is -2.51. The molecule has 1 aromatic heterocycles. The molecule has 1 aliphatic carbocycles. The zero-order valence-corrected chi connectivity index (χ0v) is 19.0. The molecular formula is C26H35N3O2. The van der Waals surface area contributed by atoms with E-state index in [4.69, 9.17) is 4.98 Å². The van der Waals surface area contributed by atoms with Gasteiger partial charge in [-0.2, -0.15) is 0 Å². The van der Waals surface area contributed by atoms with Crippen molar-refractivity contribution >= 4 is 22.7 Å². The van der Waals surface area contributed by atoms with Gasteiger partial charge in [-0.15, -0.1) is 0 Å². The van der Waals surface area contributed by atoms with Crippen molar-refractivity contribution in [1.29, 1.82) is 0 Å². The standard InChI is InChI=1S/C26H35N3O2/c1-19-22-10-6-7-11-24(22)27-20(2)23(19)18-26(31)29-16-14-28(15-17-29)25(30)13-12-21-8-4-3-5-9-21/h6-7,10-11,21H,3-5,8-9,12-18H2,1-2H3. The summed E-state index contributed by atoms with van der Waals surface area (Å²) in [6, 6.07) is 8.10. The van der Waals surface area contributed by atoms with Crippen LogP contribution in [0.2, 0.25) is 0 Å². The molecular weight excluding hydrogens is 386 g/mol. The van der Waals surface area contributed by atoms with Crippen molar-refractivity contribution in [3.63, 3.8) is 0 Å². The van der Waals surface area contributed by atoms with Crippen LogP contribution in [0, 0.1) is 19.8 Å². The molecule has 5 nitrogen and oxygen atoms in total. The monoisotopic (exact) mass is 421 g/mol. The quantitative estimate of drug-likeness (QED) is 0.718. The van der Waals surface area contributed by atoms with Crippen molar-refractivity contribution in [2.24, 2.45) is 5.92 Å². The van der Waals surface area contributed by atoms with Crippen LogP contribution in [0.4, 0.5) is 0 Å². The van der Waals surface area contributed by atoms with E-state index in [0.717, 1.165) is 40.1 Å². The minimum absolute atomic E-state index is 0.137. The summed E-state index contributed by atoms with van der Waals surface area (Å²) >= 11 is 0. The molecule has 0 atom stereocenters. The first-order chi connectivity index (χ1) is 15.0. The molecule has 2 aliphatic rings. The summed E-state index contributed by atoms with van der Waals surface area (Å²) < 4.78 is 0. The second kappa shape index (κ2) is 9.80. The molecule has 0 radical (unpaired) electrons. The van der Waals surface area contributed by atoms with Gasteiger partial charge in [0.15, 0.2) is 0 Å². The van der Waals surface area contributed by atoms with Crippen molar-refractivity contribution < 1.29 is 9.59 Å². The number of para-hydroxylation sites is 1. The van der Waals surface area contributed by atoms with E-state index in [0.29, 0.717) is 39.0 Å². The molecule has 5 heteroatoms. The molecule has 0 unspecified atom stereocenters. The van der Waals surface area contributed by atoms with Gasteiger partial charge in [0.05, 0.1) is 11.9 Å². The normalized spacial score (nSPS) is 17.9. The zero-order valence-electron chi connectivity index (χ0n) is 19.0. The van der Waals surface area contributed by atoms with E-state index in [2.05, 4.69) is 13.0 Å². The summed E-state index contributed by atoms with van der Waals surface area (Å²) in [5.41, 5.74) is 4.10. The van der Waals surface area contributed by atoms with Crippen LogP contribution in [-0.2, 0) is 16.0 Å². The maximum Gasteiger partial charge on any atom is 0.227 e. The SMILES string of the molecule is Cc1nc2ccccc2c(C)c1CC(=O)N1CCN(C(=O)CCC2CCCCC2)CC1. The zero-order chi connectivity index (χ0) is 21.8. The van der Waals surface area contributed by atoms with Crippen LogP contribution in [0.1, 0.15) is 61.8 Å². The summed E-state index contributed by atoms with van der Waals surface area (Å²) in [6.07, 6.45) is 8.66. The van der Waals surface area contributed by atoms with Crippen LogP contribution >= 0.6 is 0 Å². The highest BCUT2D eigenvalue weighted by atomic mass is 16.2. The molecule has 1 saturated heterocycles. The van der Waals surface area contributed by atoms with Gasteiger partial charge >= 0.3 is 0 Å². The molecule has 31 heavy (non-hydrogen) atoms. The Bertz CT molecular complexity index is 941. The molecule has 2 aromatic rings. The summed E-state index contributed by atoms with van der Waals surface area (Å²) in [5.74, 6) is 1.14. The number of aryl methyl sites for hydroxylation is 2. The number of benzene rings is 1. The fraction of sp³-hybridized carbons (Fsp3) is 0.577. The molecule has 2 amide bonds. The van der Waals surface area contributed by atoms with Crippen molar-refractivity contribution in [3.05, 3.63) is 41.1 Å². The number of nitrogens with zero attached hydrogens (tertiary/aromatic N) is 3. The topological polar surface area (TPSA) is 53.5 Å². The highest BCUT2D eigenvalue weighted by molar-refractivity contribution is 5.86. The largest absolute Gasteiger partial charge is 0.339 e. The number of pyridine rings is 1. The van der Waals surface area contributed by atoms with Gasteiger partial charge in [-0.25, -0.2) is 0 Å². The van der Waals surface area contributed by atoms with Crippen LogP contribution in [-0.4, -0.2) is 52.8 Å². The smallest absolute Gasteiger partial charge is 0.227 e. The van der Waals surface area contributed by atoms with E-state index in [1.165, 1.54) is 32.1 Å². The number of aromatic nitrogens is 1. The number of carbonyl (C=O) groups is 2. The van der Waals surface area contributed by atoms with Crippen molar-refractivity contribution in [2.45, 2.75) is 65.2 Å². The molecule has 166 valence electrons. The lowest BCUT2D eigenvalue weighted by atomic mass is 9.86. The molecule has 0 spiro atoms. The van der Waals surface area contributed by atoms with Gasteiger partial charge in [0.25, 0.3) is 0 Å². The Balaban J connectivity index is 1.30. The van der Waals surface area contributed by atoms with E-state index in [1.807, 2.05) is 34.9 Å². The van der Waals surface area contributed by atoms with E-state index in [-0.39, 0.29) is 11.8 Å². The van der Waals surface area contributed by atoms with Gasteiger partial charge in [0.1, 0.15) is 0 Å². The highest BCUT2D eigenvalue weighted by Gasteiger charge is 2.26. The van der Waals surface area contributed by atoms with E-state index in [1.54, 1.807) is 0 Å². The maximum atomic E-state index is 13.0. The molecule has 1 saturated carbocycles. The highest BCUT2D eigenvalue weighted by Crippen LogP contribution is 2.28. The fourth-order valence-corrected chi connectivity index (χ4v) is 5.26. The van der Waals surface area contributed by atoms with Crippen molar-refractivity contribution in [1.82, 2.24) is 14.8 Å². The second-order valence-corrected chi connectivity index (χ2v) is 9.30. The Kier molecular flexibility index (Phi) is 6.89. The minimum Gasteiger partial charge on any atom is -0.339 e. The average molecular weight is 422 g/mol. The fourth-order valence-electron chi connectivity index (χ4n) is 5.26. The van der Waals surface area contributed by atoms with Crippen molar-refractivity contribution in [3.8, 4) is 0 Å². The summed E-state index contributed by atoms with van der Waals surface area (Å²) in [7, 11) is 0. The van der Waals surface area contributed by atoms with Crippen LogP contribution in [0.15, 0.2) is 24.3 Å². The Morgan fingerprint density at radius 1 is 0.935 bits per heavy atom. The Labute approximate surface area is 185 Å². The lowest BCUT2D eigenvalue weighted by molar-refractivity contribution is -0.139. The van der Waals surface area contributed by atoms with Crippen LogP contribution in [0.5, 0.6) is 0 Å². The van der Waals surface area contributed by atoms with Crippen LogP contribution in [0.25, 0.3) is 10.9 Å². The van der Waals surface area contributed by atoms with Gasteiger partial charge in [-0.3, -0.25) is 14.6 Å². The minimum atomic E-state index is 0.137. The Morgan fingerprint density at radius 2 is 1.58 bits per heavy atom. The number of amides is 2. The maximum absolute atomic E-state index is 13.0. The molecule has 2 fully saturated rings. The van der Waals surface area contributed by atoms with Gasteiger partial charge in [-0.1, -0.05) is 50.3 Å². The summed E-state index contributed by atoms with van der Waals surface area (Å²) in [6.45, 7) is 6.65. The number of piperazine rings is 1. The summed E-state index contributed by atoms with van der Waals surface area (Å²) in [4.78, 5) is 34.2. The average Bonchev–Trinajstić information content (AvgIpc) is 2.81. The predicted octanol–water partition coefficient (Wildman–Crippen LogP) is 4.43. The van der Waals surface area contributed by atoms with Crippen LogP contribution < -0.4 is 0 Å². The molecule has 0 bridgehead atoms. The first kappa shape index (κ1) is 21.8. The molecule has 0 N–H and O–H groups in total.